The zero-order valence-electron chi connectivity index (χ0n) is 10.8. The fourth-order valence-corrected chi connectivity index (χ4v) is 3.26. The second-order valence-corrected chi connectivity index (χ2v) is 5.26. The predicted molar refractivity (Wildman–Crippen MR) is 85.2 cm³/mol. The molecule has 0 aliphatic carbocycles. The number of benzene rings is 3. The largest absolute Gasteiger partial charge is 0.361 e. The third-order valence-electron chi connectivity index (χ3n) is 4.19. The smallest absolute Gasteiger partial charge is 0.0565 e. The molecule has 2 aromatic heterocycles. The second kappa shape index (κ2) is 3.42. The van der Waals surface area contributed by atoms with E-state index in [1.165, 1.54) is 43.5 Å². The van der Waals surface area contributed by atoms with Gasteiger partial charge in [-0.1, -0.05) is 42.5 Å². The Hall–Kier alpha value is -2.74. The first kappa shape index (κ1) is 10.1. The van der Waals surface area contributed by atoms with Crippen LogP contribution in [-0.4, -0.2) is 9.97 Å². The van der Waals surface area contributed by atoms with Crippen LogP contribution in [0.15, 0.2) is 60.8 Å². The van der Waals surface area contributed by atoms with Crippen LogP contribution in [-0.2, 0) is 0 Å². The summed E-state index contributed by atoms with van der Waals surface area (Å²) in [6.45, 7) is 0. The van der Waals surface area contributed by atoms with Crippen LogP contribution in [0.2, 0.25) is 0 Å². The van der Waals surface area contributed by atoms with Crippen LogP contribution in [0.1, 0.15) is 0 Å². The third-order valence-corrected chi connectivity index (χ3v) is 4.19. The van der Waals surface area contributed by atoms with Gasteiger partial charge in [0.2, 0.25) is 0 Å². The normalized spacial score (nSPS) is 12.0. The molecule has 2 heteroatoms. The molecule has 0 unspecified atom stereocenters. The van der Waals surface area contributed by atoms with Gasteiger partial charge in [-0.05, 0) is 17.5 Å². The molecule has 0 amide bonds. The molecule has 2 N–H and O–H groups in total. The molecule has 2 heterocycles. The van der Waals surface area contributed by atoms with Crippen molar-refractivity contribution in [2.75, 3.05) is 0 Å². The van der Waals surface area contributed by atoms with Crippen LogP contribution in [0.3, 0.4) is 0 Å². The van der Waals surface area contributed by atoms with E-state index in [0.717, 1.165) is 0 Å². The van der Waals surface area contributed by atoms with Gasteiger partial charge in [0.1, 0.15) is 0 Å². The summed E-state index contributed by atoms with van der Waals surface area (Å²) in [4.78, 5) is 6.96. The molecule has 0 bridgehead atoms. The van der Waals surface area contributed by atoms with Gasteiger partial charge in [0.15, 0.2) is 0 Å². The molecule has 2 nitrogen and oxygen atoms in total. The number of rotatable bonds is 0. The number of hydrogen-bond donors (Lipinski definition) is 2. The molecule has 0 aliphatic heterocycles. The van der Waals surface area contributed by atoms with E-state index in [4.69, 9.17) is 0 Å². The van der Waals surface area contributed by atoms with Crippen LogP contribution < -0.4 is 0 Å². The molecule has 0 aliphatic rings. The van der Waals surface area contributed by atoms with Gasteiger partial charge in [-0.3, -0.25) is 0 Å². The highest BCUT2D eigenvalue weighted by molar-refractivity contribution is 6.23. The maximum atomic E-state index is 3.58. The summed E-state index contributed by atoms with van der Waals surface area (Å²) in [6, 6.07) is 19.4. The van der Waals surface area contributed by atoms with Crippen molar-refractivity contribution < 1.29 is 0 Å². The molecule has 20 heavy (non-hydrogen) atoms. The lowest BCUT2D eigenvalue weighted by molar-refractivity contribution is 1.49. The van der Waals surface area contributed by atoms with Gasteiger partial charge in [-0.2, -0.15) is 0 Å². The zero-order chi connectivity index (χ0) is 13.1. The van der Waals surface area contributed by atoms with Crippen LogP contribution in [0.5, 0.6) is 0 Å². The first-order chi connectivity index (χ1) is 9.92. The van der Waals surface area contributed by atoms with E-state index in [1.807, 2.05) is 6.20 Å². The zero-order valence-corrected chi connectivity index (χ0v) is 10.8. The van der Waals surface area contributed by atoms with Crippen LogP contribution in [0.4, 0.5) is 0 Å². The number of fused-ring (bicyclic) bond motifs is 7. The van der Waals surface area contributed by atoms with E-state index in [2.05, 4.69) is 64.6 Å². The number of hydrogen-bond acceptors (Lipinski definition) is 0. The number of aromatic amines is 2. The number of para-hydroxylation sites is 1. The molecule has 0 fully saturated rings. The number of nitrogens with one attached hydrogen (secondary N) is 2. The number of H-pyrrole nitrogens is 2. The highest BCUT2D eigenvalue weighted by Gasteiger charge is 2.10. The Balaban J connectivity index is 2.16. The Labute approximate surface area is 115 Å². The highest BCUT2D eigenvalue weighted by Crippen LogP contribution is 2.34. The summed E-state index contributed by atoms with van der Waals surface area (Å²) in [5.41, 5.74) is 3.62. The van der Waals surface area contributed by atoms with Crippen molar-refractivity contribution in [2.24, 2.45) is 0 Å². The first-order valence-corrected chi connectivity index (χ1v) is 6.81. The van der Waals surface area contributed by atoms with Crippen LogP contribution in [0, 0.1) is 0 Å². The predicted octanol–water partition coefficient (Wildman–Crippen LogP) is 4.96. The molecular formula is C18H12N2. The van der Waals surface area contributed by atoms with E-state index in [1.54, 1.807) is 0 Å². The lowest BCUT2D eigenvalue weighted by Gasteiger charge is -2.02. The minimum Gasteiger partial charge on any atom is -0.361 e. The van der Waals surface area contributed by atoms with Crippen LogP contribution in [0.25, 0.3) is 43.5 Å². The van der Waals surface area contributed by atoms with E-state index in [0.29, 0.717) is 0 Å². The van der Waals surface area contributed by atoms with Crippen molar-refractivity contribution in [1.82, 2.24) is 9.97 Å². The van der Waals surface area contributed by atoms with Gasteiger partial charge < -0.3 is 9.97 Å². The quantitative estimate of drug-likeness (QED) is 0.392. The van der Waals surface area contributed by atoms with Gasteiger partial charge in [0, 0.05) is 33.3 Å². The molecule has 0 radical (unpaired) electrons. The Morgan fingerprint density at radius 2 is 1.50 bits per heavy atom. The molecule has 3 aromatic carbocycles. The third kappa shape index (κ3) is 1.14. The molecule has 0 spiro atoms. The fourth-order valence-electron chi connectivity index (χ4n) is 3.26. The maximum absolute atomic E-state index is 3.58. The molecule has 0 atom stereocenters. The molecule has 0 saturated carbocycles. The summed E-state index contributed by atoms with van der Waals surface area (Å²) in [6.07, 6.45) is 2.01. The lowest BCUT2D eigenvalue weighted by atomic mass is 10.0. The van der Waals surface area contributed by atoms with Gasteiger partial charge >= 0.3 is 0 Å². The van der Waals surface area contributed by atoms with Crippen molar-refractivity contribution in [3.05, 3.63) is 60.8 Å². The molecule has 5 rings (SSSR count). The Morgan fingerprint density at radius 1 is 0.650 bits per heavy atom. The van der Waals surface area contributed by atoms with Crippen molar-refractivity contribution >= 4 is 43.5 Å². The van der Waals surface area contributed by atoms with E-state index >= 15 is 0 Å². The molecule has 0 saturated heterocycles. The van der Waals surface area contributed by atoms with E-state index in [9.17, 15) is 0 Å². The summed E-state index contributed by atoms with van der Waals surface area (Å²) in [7, 11) is 0. The SMILES string of the molecule is c1ccc2c(c1)[nH]c1c2ccc2ccc3cc[nH]c3c21. The standard InChI is InChI=1S/C18H12N2/c1-2-4-15-13(3-1)14-8-7-11-5-6-12-9-10-19-17(12)16(11)18(14)20-15/h1-10,19-20H. The summed E-state index contributed by atoms with van der Waals surface area (Å²) in [5, 5.41) is 6.37. The van der Waals surface area contributed by atoms with Crippen LogP contribution >= 0.6 is 0 Å². The first-order valence-electron chi connectivity index (χ1n) is 6.81. The minimum atomic E-state index is 1.19. The average Bonchev–Trinajstić information content (AvgIpc) is 3.10. The van der Waals surface area contributed by atoms with Gasteiger partial charge in [-0.15, -0.1) is 0 Å². The molecular weight excluding hydrogens is 244 g/mol. The molecule has 5 aromatic rings. The van der Waals surface area contributed by atoms with Gasteiger partial charge in [0.25, 0.3) is 0 Å². The second-order valence-electron chi connectivity index (χ2n) is 5.26. The van der Waals surface area contributed by atoms with Crippen molar-refractivity contribution in [2.45, 2.75) is 0 Å². The monoisotopic (exact) mass is 256 g/mol. The summed E-state index contributed by atoms with van der Waals surface area (Å²) >= 11 is 0. The minimum absolute atomic E-state index is 1.19. The Morgan fingerprint density at radius 3 is 2.50 bits per heavy atom. The Kier molecular flexibility index (Phi) is 1.73. The van der Waals surface area contributed by atoms with E-state index in [-0.39, 0.29) is 0 Å². The maximum Gasteiger partial charge on any atom is 0.0565 e. The topological polar surface area (TPSA) is 31.6 Å². The number of aromatic nitrogens is 2. The average molecular weight is 256 g/mol. The van der Waals surface area contributed by atoms with Crippen molar-refractivity contribution in [3.8, 4) is 0 Å². The summed E-state index contributed by atoms with van der Waals surface area (Å²) < 4.78 is 0. The highest BCUT2D eigenvalue weighted by atomic mass is 14.7. The molecule has 94 valence electrons. The van der Waals surface area contributed by atoms with Gasteiger partial charge in [-0.25, -0.2) is 0 Å². The lowest BCUT2D eigenvalue weighted by Crippen LogP contribution is -1.78. The Bertz CT molecular complexity index is 1100. The van der Waals surface area contributed by atoms with E-state index < -0.39 is 0 Å². The van der Waals surface area contributed by atoms with Gasteiger partial charge in [0.05, 0.1) is 11.0 Å². The fraction of sp³-hybridized carbons (Fsp3) is 0. The van der Waals surface area contributed by atoms with Crippen molar-refractivity contribution in [1.29, 1.82) is 0 Å². The summed E-state index contributed by atoms with van der Waals surface area (Å²) in [5.74, 6) is 0. The van der Waals surface area contributed by atoms with Crippen molar-refractivity contribution in [3.63, 3.8) is 0 Å².